The zero-order chi connectivity index (χ0) is 30.4. The molecular weight excluding hydrogens is 717 g/mol. The maximum Gasteiger partial charge on any atom is 0.126 e. The first kappa shape index (κ1) is 38.7. The van der Waals surface area contributed by atoms with Gasteiger partial charge in [0.25, 0.3) is 0 Å². The summed E-state index contributed by atoms with van der Waals surface area (Å²) in [7, 11) is 0. The molecule has 1 aromatic heterocycles. The second kappa shape index (κ2) is 15.0. The molecule has 2 aliphatic rings. The number of nitrogens with zero attached hydrogens (tertiary/aromatic N) is 1. The summed E-state index contributed by atoms with van der Waals surface area (Å²) >= 11 is 0. The number of rotatable bonds is 4. The van der Waals surface area contributed by atoms with Gasteiger partial charge in [-0.3, -0.25) is 0 Å². The fourth-order valence-corrected chi connectivity index (χ4v) is 6.90. The van der Waals surface area contributed by atoms with Gasteiger partial charge in [-0.05, 0) is 134 Å². The molecule has 0 saturated heterocycles. The van der Waals surface area contributed by atoms with E-state index in [0.717, 1.165) is 85.0 Å². The number of benzene rings is 2. The largest absolute Gasteiger partial charge is 0.507 e. The van der Waals surface area contributed by atoms with Crippen LogP contribution in [0.4, 0.5) is 0 Å². The average molecular weight is 772 g/mol. The van der Waals surface area contributed by atoms with Gasteiger partial charge in [-0.25, -0.2) is 4.98 Å². The van der Waals surface area contributed by atoms with Crippen LogP contribution in [0.5, 0.6) is 11.5 Å². The molecule has 0 atom stereocenters. The number of aromatic nitrogens is 1. The minimum absolute atomic E-state index is 0. The fourth-order valence-electron chi connectivity index (χ4n) is 6.90. The standard InChI is InChI=1S/C39H49NO2.2CH3.Hf/c1-24-20-30(36(41)32(22-24)38(3,4)5)26-14-9-11-16-28(26)34-18-13-19-35(40-34)29-17-12-10-15-27(29)31-21-25(2)23-33(37(31)42)39(6,7)8;;;/h13,18-23,41-42H,9-12,14-17H2,1-8H3;2*1H3;/q;2*-1;. The zero-order valence-electron chi connectivity index (χ0n) is 29.5. The van der Waals surface area contributed by atoms with Crippen molar-refractivity contribution >= 4 is 22.3 Å². The van der Waals surface area contributed by atoms with E-state index in [1.54, 1.807) is 0 Å². The summed E-state index contributed by atoms with van der Waals surface area (Å²) in [6, 6.07) is 15.0. The number of aromatic hydroxyl groups is 2. The molecule has 0 saturated carbocycles. The molecule has 3 aromatic rings. The van der Waals surface area contributed by atoms with E-state index < -0.39 is 0 Å². The predicted molar refractivity (Wildman–Crippen MR) is 191 cm³/mol. The van der Waals surface area contributed by atoms with Crippen LogP contribution in [0, 0.1) is 28.7 Å². The fraction of sp³-hybridized carbons (Fsp3) is 0.439. The quantitative estimate of drug-likeness (QED) is 0.205. The Morgan fingerprint density at radius 3 is 1.22 bits per heavy atom. The molecule has 5 rings (SSSR count). The molecule has 4 heteroatoms. The van der Waals surface area contributed by atoms with E-state index in [4.69, 9.17) is 4.98 Å². The number of allylic oxidation sites excluding steroid dienone is 4. The zero-order valence-corrected chi connectivity index (χ0v) is 33.1. The van der Waals surface area contributed by atoms with E-state index >= 15 is 0 Å². The smallest absolute Gasteiger partial charge is 0.126 e. The third kappa shape index (κ3) is 8.10. The van der Waals surface area contributed by atoms with E-state index in [1.807, 2.05) is 0 Å². The summed E-state index contributed by atoms with van der Waals surface area (Å²) in [4.78, 5) is 5.34. The SMILES string of the molecule is Cc1cc(C2=C(c3cccc(C4=C(c5cc(C)cc(C(C)(C)C)c5O)CCCC4)n3)CCCC2)c(O)c(C(C)(C)C)c1.[CH3-].[CH3-].[Hf]. The summed E-state index contributed by atoms with van der Waals surface area (Å²) in [6.45, 7) is 17.2. The van der Waals surface area contributed by atoms with E-state index in [2.05, 4.69) is 97.9 Å². The van der Waals surface area contributed by atoms with Crippen LogP contribution in [-0.2, 0) is 36.7 Å². The van der Waals surface area contributed by atoms with Crippen LogP contribution in [0.25, 0.3) is 22.3 Å². The van der Waals surface area contributed by atoms with Crippen molar-refractivity contribution in [2.45, 2.75) is 118 Å². The summed E-state index contributed by atoms with van der Waals surface area (Å²) in [6.07, 6.45) is 8.32. The van der Waals surface area contributed by atoms with Gasteiger partial charge in [-0.1, -0.05) is 59.7 Å². The van der Waals surface area contributed by atoms with Gasteiger partial charge in [0.15, 0.2) is 0 Å². The van der Waals surface area contributed by atoms with Gasteiger partial charge in [0.2, 0.25) is 0 Å². The Balaban J connectivity index is 0.00000235. The third-order valence-electron chi connectivity index (χ3n) is 9.08. The first-order chi connectivity index (χ1) is 19.8. The molecule has 0 unspecified atom stereocenters. The molecule has 0 amide bonds. The molecular formula is C41H55HfNO2-2. The summed E-state index contributed by atoms with van der Waals surface area (Å²) in [5, 5.41) is 23.1. The van der Waals surface area contributed by atoms with Crippen LogP contribution in [0.15, 0.2) is 42.5 Å². The Morgan fingerprint density at radius 1 is 0.556 bits per heavy atom. The van der Waals surface area contributed by atoms with Gasteiger partial charge in [0, 0.05) is 48.1 Å². The van der Waals surface area contributed by atoms with Crippen LogP contribution in [0.2, 0.25) is 0 Å². The van der Waals surface area contributed by atoms with Crippen molar-refractivity contribution in [3.8, 4) is 11.5 Å². The van der Waals surface area contributed by atoms with Gasteiger partial charge >= 0.3 is 0 Å². The first-order valence-corrected chi connectivity index (χ1v) is 15.9. The Bertz CT molecular complexity index is 1470. The molecule has 3 nitrogen and oxygen atoms in total. The minimum Gasteiger partial charge on any atom is -0.507 e. The van der Waals surface area contributed by atoms with Crippen LogP contribution in [-0.4, -0.2) is 15.2 Å². The number of phenols is 2. The monoisotopic (exact) mass is 773 g/mol. The van der Waals surface area contributed by atoms with Gasteiger partial charge in [0.1, 0.15) is 11.5 Å². The predicted octanol–water partition coefficient (Wildman–Crippen LogP) is 11.6. The number of hydrogen-bond acceptors (Lipinski definition) is 3. The second-order valence-electron chi connectivity index (χ2n) is 14.7. The Morgan fingerprint density at radius 2 is 0.889 bits per heavy atom. The number of phenolic OH excluding ortho intramolecular Hbond substituents is 2. The number of pyridine rings is 1. The Labute approximate surface area is 293 Å². The van der Waals surface area contributed by atoms with Crippen molar-refractivity contribution in [3.63, 3.8) is 0 Å². The van der Waals surface area contributed by atoms with Crippen LogP contribution >= 0.6 is 0 Å². The van der Waals surface area contributed by atoms with Crippen molar-refractivity contribution in [2.24, 2.45) is 0 Å². The molecule has 1 heterocycles. The summed E-state index contributed by atoms with van der Waals surface area (Å²) in [5.41, 5.74) is 13.0. The molecule has 2 N–H and O–H groups in total. The Hall–Kier alpha value is -2.46. The van der Waals surface area contributed by atoms with E-state index in [-0.39, 0.29) is 51.5 Å². The third-order valence-corrected chi connectivity index (χ3v) is 9.08. The molecule has 2 aliphatic carbocycles. The van der Waals surface area contributed by atoms with Gasteiger partial charge in [-0.15, -0.1) is 0 Å². The van der Waals surface area contributed by atoms with E-state index in [0.29, 0.717) is 11.5 Å². The van der Waals surface area contributed by atoms with E-state index in [9.17, 15) is 10.2 Å². The van der Waals surface area contributed by atoms with Crippen molar-refractivity contribution in [1.82, 2.24) is 4.98 Å². The number of hydrogen-bond donors (Lipinski definition) is 2. The second-order valence-corrected chi connectivity index (χ2v) is 14.7. The van der Waals surface area contributed by atoms with Crippen molar-refractivity contribution in [3.05, 3.63) is 102 Å². The molecule has 0 radical (unpaired) electrons. The van der Waals surface area contributed by atoms with Gasteiger partial charge < -0.3 is 25.1 Å². The van der Waals surface area contributed by atoms with Crippen molar-refractivity contribution in [1.29, 1.82) is 0 Å². The average Bonchev–Trinajstić information content (AvgIpc) is 2.94. The van der Waals surface area contributed by atoms with Crippen molar-refractivity contribution in [2.75, 3.05) is 0 Å². The summed E-state index contributed by atoms with van der Waals surface area (Å²) in [5.74, 6) is 0.834. The van der Waals surface area contributed by atoms with Crippen LogP contribution < -0.4 is 0 Å². The summed E-state index contributed by atoms with van der Waals surface area (Å²) < 4.78 is 0. The van der Waals surface area contributed by atoms with Crippen LogP contribution in [0.1, 0.15) is 138 Å². The van der Waals surface area contributed by atoms with Gasteiger partial charge in [-0.2, -0.15) is 0 Å². The number of aryl methyl sites for hydroxylation is 2. The maximum atomic E-state index is 11.5. The topological polar surface area (TPSA) is 53.4 Å². The molecule has 0 fully saturated rings. The molecule has 2 aromatic carbocycles. The van der Waals surface area contributed by atoms with Gasteiger partial charge in [0.05, 0.1) is 11.4 Å². The normalized spacial score (nSPS) is 15.6. The molecule has 45 heavy (non-hydrogen) atoms. The first-order valence-electron chi connectivity index (χ1n) is 15.9. The molecule has 0 spiro atoms. The molecule has 0 bridgehead atoms. The Kier molecular flexibility index (Phi) is 12.9. The van der Waals surface area contributed by atoms with E-state index in [1.165, 1.54) is 33.4 Å². The molecule has 0 aliphatic heterocycles. The van der Waals surface area contributed by atoms with Crippen molar-refractivity contribution < 1.29 is 36.1 Å². The van der Waals surface area contributed by atoms with Crippen LogP contribution in [0.3, 0.4) is 0 Å². The molecule has 242 valence electrons. The maximum absolute atomic E-state index is 11.5. The minimum atomic E-state index is -0.142.